The maximum absolute atomic E-state index is 12.1. The zero-order chi connectivity index (χ0) is 24.6. The predicted molar refractivity (Wildman–Crippen MR) is 127 cm³/mol. The van der Waals surface area contributed by atoms with Crippen LogP contribution in [0.15, 0.2) is 0 Å². The van der Waals surface area contributed by atoms with Crippen molar-refractivity contribution < 1.29 is 37.6 Å². The average Bonchev–Trinajstić information content (AvgIpc) is 2.67. The summed E-state index contributed by atoms with van der Waals surface area (Å²) < 4.78 is 27.2. The molecule has 0 saturated heterocycles. The standard InChI is InChI=1S/C23H48NO7P/c1-20(2)14-12-10-8-7-9-11-13-15-21(3)23(26)29-18-22(25)19-31-32(27,28)30-17-16-24(4,5)6/h20-22,25H,7-19H2,1-6H3/p+1/t21-,22-/m1/s1. The number of phosphoric ester groups is 1. The SMILES string of the molecule is CC(C)CCCCCCCCC[C@@H](C)C(=O)OC[C@@H](O)COP(=O)(O)OCC[N+](C)(C)C. The van der Waals surface area contributed by atoms with E-state index in [0.29, 0.717) is 11.0 Å². The number of likely N-dealkylation sites (N-methyl/N-ethyl adjacent to an activating group) is 1. The minimum absolute atomic E-state index is 0.0536. The Morgan fingerprint density at radius 1 is 0.875 bits per heavy atom. The van der Waals surface area contributed by atoms with Gasteiger partial charge in [0.25, 0.3) is 0 Å². The van der Waals surface area contributed by atoms with Crippen LogP contribution in [-0.4, -0.2) is 74.1 Å². The first-order valence-corrected chi connectivity index (χ1v) is 13.6. The molecule has 1 unspecified atom stereocenters. The minimum atomic E-state index is -4.24. The van der Waals surface area contributed by atoms with Crippen molar-refractivity contribution in [3.63, 3.8) is 0 Å². The third-order valence-corrected chi connectivity index (χ3v) is 6.17. The molecule has 0 aromatic rings. The molecule has 3 atom stereocenters. The summed E-state index contributed by atoms with van der Waals surface area (Å²) in [7, 11) is 1.55. The summed E-state index contributed by atoms with van der Waals surface area (Å²) in [5.41, 5.74) is 0. The molecule has 0 fully saturated rings. The van der Waals surface area contributed by atoms with Crippen molar-refractivity contribution >= 4 is 13.8 Å². The maximum Gasteiger partial charge on any atom is 0.472 e. The summed E-state index contributed by atoms with van der Waals surface area (Å²) in [6.07, 6.45) is 9.31. The van der Waals surface area contributed by atoms with Gasteiger partial charge in [0.1, 0.15) is 25.9 Å². The van der Waals surface area contributed by atoms with Crippen LogP contribution in [0.5, 0.6) is 0 Å². The van der Waals surface area contributed by atoms with Crippen molar-refractivity contribution in [3.8, 4) is 0 Å². The van der Waals surface area contributed by atoms with E-state index in [1.165, 1.54) is 38.5 Å². The molecular weight excluding hydrogens is 433 g/mol. The van der Waals surface area contributed by atoms with E-state index in [2.05, 4.69) is 13.8 Å². The van der Waals surface area contributed by atoms with Crippen LogP contribution < -0.4 is 0 Å². The van der Waals surface area contributed by atoms with Crippen LogP contribution in [0.4, 0.5) is 0 Å². The number of nitrogens with zero attached hydrogens (tertiary/aromatic N) is 1. The van der Waals surface area contributed by atoms with E-state index in [1.807, 2.05) is 28.1 Å². The van der Waals surface area contributed by atoms with E-state index < -0.39 is 20.5 Å². The molecule has 0 aliphatic rings. The van der Waals surface area contributed by atoms with Gasteiger partial charge in [-0.05, 0) is 12.3 Å². The molecule has 0 saturated carbocycles. The number of hydrogen-bond acceptors (Lipinski definition) is 6. The number of phosphoric acid groups is 1. The molecule has 8 nitrogen and oxygen atoms in total. The monoisotopic (exact) mass is 482 g/mol. The molecule has 0 spiro atoms. The molecule has 0 bridgehead atoms. The van der Waals surface area contributed by atoms with Gasteiger partial charge >= 0.3 is 13.8 Å². The number of carbonyl (C=O) groups excluding carboxylic acids is 1. The van der Waals surface area contributed by atoms with Crippen LogP contribution in [0.3, 0.4) is 0 Å². The van der Waals surface area contributed by atoms with Gasteiger partial charge in [0, 0.05) is 0 Å². The highest BCUT2D eigenvalue weighted by Crippen LogP contribution is 2.43. The van der Waals surface area contributed by atoms with Crippen molar-refractivity contribution in [3.05, 3.63) is 0 Å². The van der Waals surface area contributed by atoms with Gasteiger partial charge in [0.15, 0.2) is 0 Å². The molecule has 0 heterocycles. The Morgan fingerprint density at radius 3 is 1.94 bits per heavy atom. The fourth-order valence-electron chi connectivity index (χ4n) is 3.02. The Balaban J connectivity index is 3.82. The van der Waals surface area contributed by atoms with Crippen LogP contribution in [0.25, 0.3) is 0 Å². The summed E-state index contributed by atoms with van der Waals surface area (Å²) in [5, 5.41) is 9.87. The number of rotatable bonds is 20. The smallest absolute Gasteiger partial charge is 0.463 e. The molecule has 2 N–H and O–H groups in total. The van der Waals surface area contributed by atoms with Crippen molar-refractivity contribution in [2.24, 2.45) is 11.8 Å². The van der Waals surface area contributed by atoms with Crippen molar-refractivity contribution in [1.29, 1.82) is 0 Å². The van der Waals surface area contributed by atoms with E-state index in [-0.39, 0.29) is 25.1 Å². The average molecular weight is 483 g/mol. The fraction of sp³-hybridized carbons (Fsp3) is 0.957. The maximum atomic E-state index is 12.1. The summed E-state index contributed by atoms with van der Waals surface area (Å²) in [6, 6.07) is 0. The third-order valence-electron chi connectivity index (χ3n) is 5.19. The van der Waals surface area contributed by atoms with Crippen molar-refractivity contribution in [2.45, 2.75) is 84.7 Å². The predicted octanol–water partition coefficient (Wildman–Crippen LogP) is 4.53. The first-order valence-electron chi connectivity index (χ1n) is 12.1. The van der Waals surface area contributed by atoms with Gasteiger partial charge in [-0.25, -0.2) is 4.57 Å². The molecule has 0 amide bonds. The van der Waals surface area contributed by atoms with Gasteiger partial charge in [-0.2, -0.15) is 0 Å². The Kier molecular flexibility index (Phi) is 16.7. The molecule has 0 aromatic heterocycles. The second-order valence-corrected chi connectivity index (χ2v) is 11.7. The Labute approximate surface area is 195 Å². The molecule has 192 valence electrons. The lowest BCUT2D eigenvalue weighted by atomic mass is 10.0. The number of esters is 1. The number of aliphatic hydroxyl groups excluding tert-OH is 1. The molecule has 0 rings (SSSR count). The van der Waals surface area contributed by atoms with Crippen LogP contribution >= 0.6 is 7.82 Å². The number of carbonyl (C=O) groups is 1. The van der Waals surface area contributed by atoms with Crippen LogP contribution in [0, 0.1) is 11.8 Å². The summed E-state index contributed by atoms with van der Waals surface area (Å²) in [6.45, 7) is 6.20. The highest BCUT2D eigenvalue weighted by atomic mass is 31.2. The number of hydrogen-bond donors (Lipinski definition) is 2. The second-order valence-electron chi connectivity index (χ2n) is 10.2. The van der Waals surface area contributed by atoms with Gasteiger partial charge in [0.2, 0.25) is 0 Å². The lowest BCUT2D eigenvalue weighted by molar-refractivity contribution is -0.870. The number of quaternary nitrogens is 1. The van der Waals surface area contributed by atoms with Gasteiger partial charge in [-0.1, -0.05) is 72.1 Å². The van der Waals surface area contributed by atoms with Gasteiger partial charge < -0.3 is 19.2 Å². The lowest BCUT2D eigenvalue weighted by Crippen LogP contribution is -2.37. The van der Waals surface area contributed by atoms with Gasteiger partial charge in [-0.15, -0.1) is 0 Å². The second kappa shape index (κ2) is 17.0. The largest absolute Gasteiger partial charge is 0.472 e. The first-order chi connectivity index (χ1) is 14.8. The Hall–Kier alpha value is -0.500. The van der Waals surface area contributed by atoms with E-state index >= 15 is 0 Å². The third kappa shape index (κ3) is 20.1. The number of ether oxygens (including phenoxy) is 1. The highest BCUT2D eigenvalue weighted by molar-refractivity contribution is 7.47. The minimum Gasteiger partial charge on any atom is -0.463 e. The molecular formula is C23H49NO7P+. The Morgan fingerprint density at radius 2 is 1.41 bits per heavy atom. The summed E-state index contributed by atoms with van der Waals surface area (Å²) in [5.74, 6) is 0.180. The molecule has 32 heavy (non-hydrogen) atoms. The van der Waals surface area contributed by atoms with E-state index in [9.17, 15) is 19.4 Å². The first kappa shape index (κ1) is 31.5. The van der Waals surface area contributed by atoms with E-state index in [0.717, 1.165) is 25.2 Å². The molecule has 9 heteroatoms. The molecule has 0 radical (unpaired) electrons. The van der Waals surface area contributed by atoms with Gasteiger partial charge in [-0.3, -0.25) is 13.8 Å². The molecule has 0 aliphatic carbocycles. The van der Waals surface area contributed by atoms with E-state index in [4.69, 9.17) is 13.8 Å². The van der Waals surface area contributed by atoms with Crippen LogP contribution in [0.1, 0.15) is 78.6 Å². The summed E-state index contributed by atoms with van der Waals surface area (Å²) >= 11 is 0. The lowest BCUT2D eigenvalue weighted by Gasteiger charge is -2.24. The molecule has 0 aliphatic heterocycles. The zero-order valence-corrected chi connectivity index (χ0v) is 22.1. The molecule has 0 aromatic carbocycles. The topological polar surface area (TPSA) is 102 Å². The van der Waals surface area contributed by atoms with Crippen molar-refractivity contribution in [2.75, 3.05) is 47.5 Å². The zero-order valence-electron chi connectivity index (χ0n) is 21.3. The normalized spacial score (nSPS) is 16.0. The van der Waals surface area contributed by atoms with Crippen LogP contribution in [0.2, 0.25) is 0 Å². The van der Waals surface area contributed by atoms with Crippen LogP contribution in [-0.2, 0) is 23.1 Å². The number of unbranched alkanes of at least 4 members (excludes halogenated alkanes) is 6. The van der Waals surface area contributed by atoms with E-state index in [1.54, 1.807) is 0 Å². The van der Waals surface area contributed by atoms with Gasteiger partial charge in [0.05, 0.1) is 33.7 Å². The quantitative estimate of drug-likeness (QED) is 0.114. The Bertz CT molecular complexity index is 537. The number of aliphatic hydroxyl groups is 1. The fourth-order valence-corrected chi connectivity index (χ4v) is 3.77. The highest BCUT2D eigenvalue weighted by Gasteiger charge is 2.24. The summed E-state index contributed by atoms with van der Waals surface area (Å²) in [4.78, 5) is 21.7. The van der Waals surface area contributed by atoms with Crippen molar-refractivity contribution in [1.82, 2.24) is 0 Å².